The molecule has 0 bridgehead atoms. The standard InChI is InChI=1S/C56H91NO5/c1-4-7-10-13-16-19-22-24-25-26-27-28-29-31-34-37-40-43-46-49-56(61)62-52(47-44-41-38-35-32-21-18-15-12-9-6-3)50-55(60)57-53(51-58)54(59)48-45-42-39-36-33-30-23-20-17-14-11-8-5-2/h7,9-10,12,15-16,18-19,21,24-25,27-28,31-32,34-35,38,40,43,52-54,58-59H,4-6,8,11,13-14,17,20,22-23,26,29-30,33,36-37,39,41-42,44-51H2,1-3H3,(H,57,60)/b10-7-,12-9+,18-15+,19-16-,25-24-,28-27-,32-21-,34-31-,38-35-,43-40-. The van der Waals surface area contributed by atoms with Crippen molar-refractivity contribution < 1.29 is 24.5 Å². The largest absolute Gasteiger partial charge is 0.462 e. The Morgan fingerprint density at radius 2 is 0.952 bits per heavy atom. The van der Waals surface area contributed by atoms with Gasteiger partial charge in [-0.3, -0.25) is 9.59 Å². The van der Waals surface area contributed by atoms with Crippen molar-refractivity contribution in [2.24, 2.45) is 0 Å². The SMILES string of the molecule is CC/C=C\C/C=C\C/C=C\C/C=C\C/C=C\C/C=C\CCC(=O)OC(CCC\C=C/C=C\C=C\C=C\CC)CC(=O)NC(CO)C(O)CCCCCCCCCCCCCCC. The predicted octanol–water partition coefficient (Wildman–Crippen LogP) is 14.9. The van der Waals surface area contributed by atoms with Crippen molar-refractivity contribution in [3.8, 4) is 0 Å². The van der Waals surface area contributed by atoms with E-state index in [0.717, 1.165) is 77.0 Å². The third-order valence-electron chi connectivity index (χ3n) is 10.4. The molecule has 1 amide bonds. The van der Waals surface area contributed by atoms with Gasteiger partial charge in [0.25, 0.3) is 0 Å². The number of esters is 1. The third-order valence-corrected chi connectivity index (χ3v) is 10.4. The van der Waals surface area contributed by atoms with E-state index in [9.17, 15) is 19.8 Å². The highest BCUT2D eigenvalue weighted by Gasteiger charge is 2.23. The summed E-state index contributed by atoms with van der Waals surface area (Å²) in [7, 11) is 0. The molecule has 0 saturated heterocycles. The minimum absolute atomic E-state index is 0.00665. The summed E-state index contributed by atoms with van der Waals surface area (Å²) in [5, 5.41) is 23.7. The number of carbonyl (C=O) groups is 2. The van der Waals surface area contributed by atoms with E-state index >= 15 is 0 Å². The van der Waals surface area contributed by atoms with E-state index in [-0.39, 0.29) is 31.3 Å². The number of ether oxygens (including phenoxy) is 1. The first-order valence-electron chi connectivity index (χ1n) is 24.8. The van der Waals surface area contributed by atoms with E-state index in [2.05, 4.69) is 105 Å². The summed E-state index contributed by atoms with van der Waals surface area (Å²) in [5.41, 5.74) is 0. The predicted molar refractivity (Wildman–Crippen MR) is 268 cm³/mol. The fraction of sp³-hybridized carbons (Fsp3) is 0.607. The van der Waals surface area contributed by atoms with Crippen LogP contribution in [0.4, 0.5) is 0 Å². The van der Waals surface area contributed by atoms with Crippen molar-refractivity contribution in [1.29, 1.82) is 0 Å². The zero-order chi connectivity index (χ0) is 45.2. The summed E-state index contributed by atoms with van der Waals surface area (Å²) < 4.78 is 5.83. The van der Waals surface area contributed by atoms with Gasteiger partial charge in [0.05, 0.1) is 25.2 Å². The van der Waals surface area contributed by atoms with Gasteiger partial charge in [-0.05, 0) is 77.0 Å². The maximum absolute atomic E-state index is 13.2. The molecule has 3 N–H and O–H groups in total. The van der Waals surface area contributed by atoms with E-state index in [1.165, 1.54) is 64.2 Å². The second-order valence-corrected chi connectivity index (χ2v) is 16.2. The van der Waals surface area contributed by atoms with Gasteiger partial charge in [0.15, 0.2) is 0 Å². The van der Waals surface area contributed by atoms with Gasteiger partial charge < -0.3 is 20.3 Å². The molecule has 3 unspecified atom stereocenters. The monoisotopic (exact) mass is 858 g/mol. The van der Waals surface area contributed by atoms with Crippen LogP contribution in [0.15, 0.2) is 122 Å². The van der Waals surface area contributed by atoms with E-state index in [1.807, 2.05) is 42.5 Å². The van der Waals surface area contributed by atoms with Gasteiger partial charge in [-0.1, -0.05) is 226 Å². The molecular weight excluding hydrogens is 767 g/mol. The molecule has 0 heterocycles. The molecule has 62 heavy (non-hydrogen) atoms. The molecule has 0 rings (SSSR count). The third kappa shape index (κ3) is 42.9. The molecule has 0 aromatic rings. The number of rotatable bonds is 42. The summed E-state index contributed by atoms with van der Waals surface area (Å²) in [6.07, 6.45) is 67.0. The molecular formula is C56H91NO5. The van der Waals surface area contributed by atoms with Crippen molar-refractivity contribution in [3.63, 3.8) is 0 Å². The fourth-order valence-electron chi connectivity index (χ4n) is 6.71. The van der Waals surface area contributed by atoms with Gasteiger partial charge in [-0.2, -0.15) is 0 Å². The number of amides is 1. The summed E-state index contributed by atoms with van der Waals surface area (Å²) in [5.74, 6) is -0.656. The zero-order valence-electron chi connectivity index (χ0n) is 39.7. The number of hydrogen-bond donors (Lipinski definition) is 3. The molecule has 0 aliphatic rings. The zero-order valence-corrected chi connectivity index (χ0v) is 39.7. The molecule has 0 aromatic heterocycles. The topological polar surface area (TPSA) is 95.9 Å². The fourth-order valence-corrected chi connectivity index (χ4v) is 6.71. The molecule has 0 radical (unpaired) electrons. The van der Waals surface area contributed by atoms with E-state index < -0.39 is 18.2 Å². The van der Waals surface area contributed by atoms with Crippen molar-refractivity contribution in [2.75, 3.05) is 6.61 Å². The Morgan fingerprint density at radius 3 is 1.45 bits per heavy atom. The van der Waals surface area contributed by atoms with Crippen LogP contribution < -0.4 is 5.32 Å². The first-order valence-corrected chi connectivity index (χ1v) is 24.8. The van der Waals surface area contributed by atoms with E-state index in [4.69, 9.17) is 4.74 Å². The minimum Gasteiger partial charge on any atom is -0.462 e. The smallest absolute Gasteiger partial charge is 0.306 e. The van der Waals surface area contributed by atoms with Crippen molar-refractivity contribution in [1.82, 2.24) is 5.32 Å². The van der Waals surface area contributed by atoms with Crippen molar-refractivity contribution in [3.05, 3.63) is 122 Å². The summed E-state index contributed by atoms with van der Waals surface area (Å²) >= 11 is 0. The second kappa shape index (κ2) is 48.3. The highest BCUT2D eigenvalue weighted by molar-refractivity contribution is 5.77. The highest BCUT2D eigenvalue weighted by Crippen LogP contribution is 2.16. The van der Waals surface area contributed by atoms with Crippen molar-refractivity contribution >= 4 is 11.9 Å². The summed E-state index contributed by atoms with van der Waals surface area (Å²) in [6, 6.07) is -0.745. The molecule has 0 fully saturated rings. The highest BCUT2D eigenvalue weighted by atomic mass is 16.5. The molecule has 6 nitrogen and oxygen atoms in total. The molecule has 0 spiro atoms. The number of carbonyl (C=O) groups excluding carboxylic acids is 2. The van der Waals surface area contributed by atoms with Crippen LogP contribution in [0.25, 0.3) is 0 Å². The summed E-state index contributed by atoms with van der Waals surface area (Å²) in [6.45, 7) is 6.17. The Bertz CT molecular complexity index is 1330. The van der Waals surface area contributed by atoms with E-state index in [1.54, 1.807) is 0 Å². The lowest BCUT2D eigenvalue weighted by Crippen LogP contribution is -2.46. The average Bonchev–Trinajstić information content (AvgIpc) is 3.26. The van der Waals surface area contributed by atoms with Crippen LogP contribution in [-0.4, -0.2) is 46.9 Å². The van der Waals surface area contributed by atoms with Crippen LogP contribution in [0, 0.1) is 0 Å². The number of aliphatic hydroxyl groups excluding tert-OH is 2. The molecule has 0 saturated carbocycles. The van der Waals surface area contributed by atoms with Crippen LogP contribution in [0.3, 0.4) is 0 Å². The minimum atomic E-state index is -0.824. The maximum atomic E-state index is 13.2. The van der Waals surface area contributed by atoms with Crippen molar-refractivity contribution in [2.45, 2.75) is 212 Å². The van der Waals surface area contributed by atoms with E-state index in [0.29, 0.717) is 19.3 Å². The van der Waals surface area contributed by atoms with Crippen LogP contribution >= 0.6 is 0 Å². The van der Waals surface area contributed by atoms with Crippen LogP contribution in [-0.2, 0) is 14.3 Å². The Labute approximate surface area is 380 Å². The number of unbranched alkanes of at least 4 members (excludes halogenated alkanes) is 13. The Morgan fingerprint density at radius 1 is 0.500 bits per heavy atom. The number of aliphatic hydroxyl groups is 2. The Hall–Kier alpha value is -3.74. The second-order valence-electron chi connectivity index (χ2n) is 16.2. The summed E-state index contributed by atoms with van der Waals surface area (Å²) in [4.78, 5) is 26.0. The van der Waals surface area contributed by atoms with Crippen LogP contribution in [0.2, 0.25) is 0 Å². The molecule has 3 atom stereocenters. The molecule has 0 aliphatic carbocycles. The first kappa shape index (κ1) is 58.3. The van der Waals surface area contributed by atoms with Crippen LogP contribution in [0.1, 0.15) is 194 Å². The first-order chi connectivity index (χ1) is 30.5. The number of allylic oxidation sites excluding steroid dienone is 20. The molecule has 0 aromatic carbocycles. The maximum Gasteiger partial charge on any atom is 0.306 e. The lowest BCUT2D eigenvalue weighted by Gasteiger charge is -2.24. The molecule has 0 aliphatic heterocycles. The van der Waals surface area contributed by atoms with Gasteiger partial charge in [0.1, 0.15) is 6.10 Å². The molecule has 6 heteroatoms. The normalized spacial score (nSPS) is 14.3. The van der Waals surface area contributed by atoms with Gasteiger partial charge in [-0.25, -0.2) is 0 Å². The Kier molecular flexibility index (Phi) is 45.4. The van der Waals surface area contributed by atoms with Gasteiger partial charge >= 0.3 is 5.97 Å². The molecule has 350 valence electrons. The van der Waals surface area contributed by atoms with Crippen LogP contribution in [0.5, 0.6) is 0 Å². The Balaban J connectivity index is 4.75. The van der Waals surface area contributed by atoms with Gasteiger partial charge in [0.2, 0.25) is 5.91 Å². The van der Waals surface area contributed by atoms with Gasteiger partial charge in [-0.15, -0.1) is 0 Å². The quantitative estimate of drug-likeness (QED) is 0.0246. The average molecular weight is 858 g/mol. The lowest BCUT2D eigenvalue weighted by atomic mass is 10.0. The number of hydrogen-bond acceptors (Lipinski definition) is 5. The number of nitrogens with one attached hydrogen (secondary N) is 1. The van der Waals surface area contributed by atoms with Gasteiger partial charge in [0, 0.05) is 6.42 Å². The lowest BCUT2D eigenvalue weighted by molar-refractivity contribution is -0.150.